The van der Waals surface area contributed by atoms with Gasteiger partial charge in [-0.3, -0.25) is 0 Å². The number of hydrogen-bond acceptors (Lipinski definition) is 5. The summed E-state index contributed by atoms with van der Waals surface area (Å²) in [5.41, 5.74) is 2.40. The summed E-state index contributed by atoms with van der Waals surface area (Å²) in [6.07, 6.45) is 2.22. The predicted molar refractivity (Wildman–Crippen MR) is 99.4 cm³/mol. The number of benzene rings is 2. The molecule has 0 amide bonds. The van der Waals surface area contributed by atoms with Gasteiger partial charge in [-0.25, -0.2) is 13.2 Å². The molecule has 1 heterocycles. The molecule has 0 bridgehead atoms. The summed E-state index contributed by atoms with van der Waals surface area (Å²) in [5.74, 6) is -0.885. The van der Waals surface area contributed by atoms with E-state index in [0.29, 0.717) is 5.69 Å². The van der Waals surface area contributed by atoms with E-state index < -0.39 is 15.8 Å². The first-order valence-electron chi connectivity index (χ1n) is 7.61. The third-order valence-corrected chi connectivity index (χ3v) is 6.28. The standard InChI is InChI=1S/C18H16BrNO4S/c1-3-12-4-7-14(8-5-12)20-11-17(18(21)24-2)25(22,23)16-9-6-13(19)10-15(16)20/h4-11H,3H2,1-2H3. The smallest absolute Gasteiger partial charge is 0.351 e. The average molecular weight is 422 g/mol. The van der Waals surface area contributed by atoms with Crippen LogP contribution in [-0.4, -0.2) is 21.5 Å². The second-order valence-corrected chi connectivity index (χ2v) is 8.29. The van der Waals surface area contributed by atoms with Crippen LogP contribution in [0.1, 0.15) is 12.5 Å². The third kappa shape index (κ3) is 3.09. The van der Waals surface area contributed by atoms with E-state index in [0.717, 1.165) is 23.7 Å². The number of anilines is 2. The number of rotatable bonds is 3. The van der Waals surface area contributed by atoms with E-state index in [1.807, 2.05) is 24.3 Å². The fourth-order valence-corrected chi connectivity index (χ4v) is 4.46. The van der Waals surface area contributed by atoms with Crippen LogP contribution in [0.3, 0.4) is 0 Å². The Morgan fingerprint density at radius 1 is 1.16 bits per heavy atom. The van der Waals surface area contributed by atoms with Crippen LogP contribution in [0.5, 0.6) is 0 Å². The summed E-state index contributed by atoms with van der Waals surface area (Å²) < 4.78 is 31.0. The summed E-state index contributed by atoms with van der Waals surface area (Å²) >= 11 is 3.37. The number of nitrogens with zero attached hydrogens (tertiary/aromatic N) is 1. The molecule has 1 aliphatic heterocycles. The second kappa shape index (κ2) is 6.65. The Morgan fingerprint density at radius 2 is 1.84 bits per heavy atom. The number of sulfone groups is 1. The van der Waals surface area contributed by atoms with Crippen molar-refractivity contribution in [2.24, 2.45) is 0 Å². The largest absolute Gasteiger partial charge is 0.465 e. The molecule has 0 aliphatic carbocycles. The molecular formula is C18H16BrNO4S. The minimum Gasteiger partial charge on any atom is -0.465 e. The molecule has 3 rings (SSSR count). The number of fused-ring (bicyclic) bond motifs is 1. The van der Waals surface area contributed by atoms with Crippen molar-refractivity contribution in [1.29, 1.82) is 0 Å². The van der Waals surface area contributed by atoms with Crippen molar-refractivity contribution in [1.82, 2.24) is 0 Å². The Kier molecular flexibility index (Phi) is 4.71. The first-order chi connectivity index (χ1) is 11.9. The minimum absolute atomic E-state index is 0.0677. The summed E-state index contributed by atoms with van der Waals surface area (Å²) in [5, 5.41) is 0. The Labute approximate surface area is 155 Å². The Hall–Kier alpha value is -2.12. The first kappa shape index (κ1) is 17.7. The maximum Gasteiger partial charge on any atom is 0.351 e. The molecule has 130 valence electrons. The highest BCUT2D eigenvalue weighted by molar-refractivity contribution is 9.10. The second-order valence-electron chi connectivity index (χ2n) is 5.49. The summed E-state index contributed by atoms with van der Waals surface area (Å²) in [6, 6.07) is 12.6. The van der Waals surface area contributed by atoms with E-state index in [-0.39, 0.29) is 9.80 Å². The van der Waals surface area contributed by atoms with Gasteiger partial charge in [-0.2, -0.15) is 0 Å². The van der Waals surface area contributed by atoms with Crippen molar-refractivity contribution in [3.63, 3.8) is 0 Å². The number of hydrogen-bond donors (Lipinski definition) is 0. The van der Waals surface area contributed by atoms with Crippen LogP contribution in [0.2, 0.25) is 0 Å². The molecule has 0 fully saturated rings. The van der Waals surface area contributed by atoms with Gasteiger partial charge in [0.1, 0.15) is 0 Å². The SMILES string of the molecule is CCc1ccc(N2C=C(C(=O)OC)S(=O)(=O)c3ccc(Br)cc32)cc1. The lowest BCUT2D eigenvalue weighted by Crippen LogP contribution is -2.26. The van der Waals surface area contributed by atoms with Crippen molar-refractivity contribution in [3.05, 3.63) is 63.6 Å². The van der Waals surface area contributed by atoms with Crippen LogP contribution >= 0.6 is 15.9 Å². The topological polar surface area (TPSA) is 63.7 Å². The zero-order chi connectivity index (χ0) is 18.2. The average Bonchev–Trinajstić information content (AvgIpc) is 2.61. The van der Waals surface area contributed by atoms with Gasteiger partial charge >= 0.3 is 5.97 Å². The molecule has 0 unspecified atom stereocenters. The fraction of sp³-hybridized carbons (Fsp3) is 0.167. The molecule has 7 heteroatoms. The molecule has 0 N–H and O–H groups in total. The maximum absolute atomic E-state index is 12.8. The summed E-state index contributed by atoms with van der Waals surface area (Å²) in [4.78, 5) is 13.4. The molecular weight excluding hydrogens is 406 g/mol. The zero-order valence-corrected chi connectivity index (χ0v) is 16.1. The number of ether oxygens (including phenoxy) is 1. The molecule has 0 aromatic heterocycles. The van der Waals surface area contributed by atoms with Crippen LogP contribution in [0.15, 0.2) is 62.9 Å². The van der Waals surface area contributed by atoms with E-state index in [9.17, 15) is 13.2 Å². The number of aryl methyl sites for hydroxylation is 1. The van der Waals surface area contributed by atoms with E-state index >= 15 is 0 Å². The van der Waals surface area contributed by atoms with E-state index in [1.54, 1.807) is 17.0 Å². The quantitative estimate of drug-likeness (QED) is 0.701. The van der Waals surface area contributed by atoms with Crippen molar-refractivity contribution < 1.29 is 17.9 Å². The highest BCUT2D eigenvalue weighted by Gasteiger charge is 2.36. The molecule has 5 nitrogen and oxygen atoms in total. The van der Waals surface area contributed by atoms with Crippen LogP contribution in [0, 0.1) is 0 Å². The van der Waals surface area contributed by atoms with E-state index in [1.165, 1.54) is 17.8 Å². The fourth-order valence-electron chi connectivity index (χ4n) is 2.65. The summed E-state index contributed by atoms with van der Waals surface area (Å²) in [7, 11) is -2.78. The Balaban J connectivity index is 2.24. The van der Waals surface area contributed by atoms with Crippen LogP contribution < -0.4 is 4.90 Å². The molecule has 2 aromatic carbocycles. The third-order valence-electron chi connectivity index (χ3n) is 4.02. The number of carbonyl (C=O) groups excluding carboxylic acids is 1. The lowest BCUT2D eigenvalue weighted by Gasteiger charge is -2.28. The number of methoxy groups -OCH3 is 1. The van der Waals surface area contributed by atoms with Gasteiger partial charge in [0.05, 0.1) is 17.7 Å². The molecule has 0 saturated carbocycles. The molecule has 0 atom stereocenters. The molecule has 1 aliphatic rings. The molecule has 0 spiro atoms. The first-order valence-corrected chi connectivity index (χ1v) is 9.89. The Bertz CT molecular complexity index is 965. The monoisotopic (exact) mass is 421 g/mol. The number of carbonyl (C=O) groups is 1. The van der Waals surface area contributed by atoms with Gasteiger partial charge in [-0.1, -0.05) is 35.0 Å². The van der Waals surface area contributed by atoms with Crippen molar-refractivity contribution in [3.8, 4) is 0 Å². The minimum atomic E-state index is -3.94. The van der Waals surface area contributed by atoms with Gasteiger partial charge in [-0.05, 0) is 42.3 Å². The molecule has 2 aromatic rings. The predicted octanol–water partition coefficient (Wildman–Crippen LogP) is 3.95. The van der Waals surface area contributed by atoms with Crippen LogP contribution in [-0.2, 0) is 25.8 Å². The van der Waals surface area contributed by atoms with Crippen molar-refractivity contribution >= 4 is 43.1 Å². The van der Waals surface area contributed by atoms with E-state index in [2.05, 4.69) is 27.6 Å². The highest BCUT2D eigenvalue weighted by Crippen LogP contribution is 2.41. The van der Waals surface area contributed by atoms with Gasteiger partial charge in [0.25, 0.3) is 0 Å². The van der Waals surface area contributed by atoms with Gasteiger partial charge in [0, 0.05) is 16.4 Å². The van der Waals surface area contributed by atoms with Gasteiger partial charge in [-0.15, -0.1) is 0 Å². The summed E-state index contributed by atoms with van der Waals surface area (Å²) in [6.45, 7) is 2.06. The van der Waals surface area contributed by atoms with Crippen LogP contribution in [0.25, 0.3) is 0 Å². The maximum atomic E-state index is 12.8. The van der Waals surface area contributed by atoms with Crippen LogP contribution in [0.4, 0.5) is 11.4 Å². The lowest BCUT2D eigenvalue weighted by molar-refractivity contribution is -0.135. The number of halogens is 1. The molecule has 0 saturated heterocycles. The zero-order valence-electron chi connectivity index (χ0n) is 13.7. The molecule has 25 heavy (non-hydrogen) atoms. The van der Waals surface area contributed by atoms with Crippen molar-refractivity contribution in [2.45, 2.75) is 18.2 Å². The van der Waals surface area contributed by atoms with E-state index in [4.69, 9.17) is 0 Å². The number of esters is 1. The Morgan fingerprint density at radius 3 is 2.44 bits per heavy atom. The van der Waals surface area contributed by atoms with Gasteiger partial charge in [0.15, 0.2) is 4.91 Å². The van der Waals surface area contributed by atoms with Gasteiger partial charge < -0.3 is 9.64 Å². The highest BCUT2D eigenvalue weighted by atomic mass is 79.9. The molecule has 0 radical (unpaired) electrons. The lowest BCUT2D eigenvalue weighted by atomic mass is 10.1. The normalized spacial score (nSPS) is 15.3. The van der Waals surface area contributed by atoms with Crippen molar-refractivity contribution in [2.75, 3.05) is 12.0 Å². The van der Waals surface area contributed by atoms with Gasteiger partial charge in [0.2, 0.25) is 9.84 Å².